The van der Waals surface area contributed by atoms with Crippen molar-refractivity contribution in [2.45, 2.75) is 32.1 Å². The lowest BCUT2D eigenvalue weighted by molar-refractivity contribution is 0.340. The molecule has 1 aliphatic rings. The maximum Gasteiger partial charge on any atom is 0.119 e. The van der Waals surface area contributed by atoms with E-state index in [1.807, 2.05) is 19.1 Å². The largest absolute Gasteiger partial charge is 0.494 e. The number of aromatic amines is 1. The van der Waals surface area contributed by atoms with Gasteiger partial charge >= 0.3 is 0 Å². The molecule has 1 aromatic carbocycles. The van der Waals surface area contributed by atoms with Crippen LogP contribution < -0.4 is 10.1 Å². The molecule has 1 saturated heterocycles. The first-order valence-electron chi connectivity index (χ1n) is 7.82. The first-order valence-corrected chi connectivity index (χ1v) is 7.82. The molecule has 0 bridgehead atoms. The van der Waals surface area contributed by atoms with Crippen molar-refractivity contribution >= 4 is 12.4 Å². The number of hydrogen-bond acceptors (Lipinski definition) is 3. The molecule has 22 heavy (non-hydrogen) atoms. The minimum Gasteiger partial charge on any atom is -0.494 e. The van der Waals surface area contributed by atoms with Gasteiger partial charge in [0.25, 0.3) is 0 Å². The highest BCUT2D eigenvalue weighted by Crippen LogP contribution is 2.24. The highest BCUT2D eigenvalue weighted by atomic mass is 35.5. The van der Waals surface area contributed by atoms with Gasteiger partial charge in [0, 0.05) is 18.0 Å². The smallest absolute Gasteiger partial charge is 0.119 e. The standard InChI is InChI=1S/C17H23N3O.ClH/c1-2-21-16-5-3-13(4-6-16)11-15-12-17(20-19-15)14-7-9-18-10-8-14;/h3-6,12,14,18H,2,7-11H2,1H3,(H,19,20);1H. The zero-order chi connectivity index (χ0) is 14.5. The van der Waals surface area contributed by atoms with Gasteiger partial charge in [0.05, 0.1) is 12.3 Å². The van der Waals surface area contributed by atoms with Crippen molar-refractivity contribution in [2.24, 2.45) is 0 Å². The molecule has 0 unspecified atom stereocenters. The van der Waals surface area contributed by atoms with Crippen LogP contribution in [-0.2, 0) is 6.42 Å². The number of rotatable bonds is 5. The number of hydrogen-bond donors (Lipinski definition) is 2. The number of piperidine rings is 1. The van der Waals surface area contributed by atoms with E-state index in [4.69, 9.17) is 4.74 Å². The van der Waals surface area contributed by atoms with Crippen molar-refractivity contribution in [2.75, 3.05) is 19.7 Å². The van der Waals surface area contributed by atoms with Crippen LogP contribution in [0.5, 0.6) is 5.75 Å². The molecule has 1 aromatic heterocycles. The summed E-state index contributed by atoms with van der Waals surface area (Å²) < 4.78 is 5.47. The predicted molar refractivity (Wildman–Crippen MR) is 91.1 cm³/mol. The molecule has 0 radical (unpaired) electrons. The fourth-order valence-corrected chi connectivity index (χ4v) is 2.89. The van der Waals surface area contributed by atoms with Crippen molar-refractivity contribution in [1.29, 1.82) is 0 Å². The Bertz CT molecular complexity index is 562. The third-order valence-electron chi connectivity index (χ3n) is 4.04. The Labute approximate surface area is 138 Å². The second-order valence-electron chi connectivity index (χ2n) is 5.60. The summed E-state index contributed by atoms with van der Waals surface area (Å²) >= 11 is 0. The monoisotopic (exact) mass is 321 g/mol. The van der Waals surface area contributed by atoms with E-state index < -0.39 is 0 Å². The Kier molecular flexibility index (Phi) is 6.28. The predicted octanol–water partition coefficient (Wildman–Crippen LogP) is 3.29. The van der Waals surface area contributed by atoms with Crippen molar-refractivity contribution in [3.8, 4) is 5.75 Å². The molecule has 3 rings (SSSR count). The molecule has 0 aliphatic carbocycles. The van der Waals surface area contributed by atoms with E-state index in [1.165, 1.54) is 29.8 Å². The van der Waals surface area contributed by atoms with Gasteiger partial charge in [-0.15, -0.1) is 12.4 Å². The minimum absolute atomic E-state index is 0. The van der Waals surface area contributed by atoms with Crippen LogP contribution in [0.1, 0.15) is 42.6 Å². The molecule has 5 heteroatoms. The topological polar surface area (TPSA) is 49.9 Å². The first kappa shape index (κ1) is 16.8. The normalized spacial score (nSPS) is 15.3. The van der Waals surface area contributed by atoms with Crippen LogP contribution in [0.25, 0.3) is 0 Å². The zero-order valence-corrected chi connectivity index (χ0v) is 13.8. The summed E-state index contributed by atoms with van der Waals surface area (Å²) in [6, 6.07) is 10.5. The first-order chi connectivity index (χ1) is 10.3. The summed E-state index contributed by atoms with van der Waals surface area (Å²) in [6.45, 7) is 4.91. The molecule has 2 N–H and O–H groups in total. The Hall–Kier alpha value is -1.52. The molecule has 2 aromatic rings. The molecule has 1 aliphatic heterocycles. The van der Waals surface area contributed by atoms with Gasteiger partial charge in [0.15, 0.2) is 0 Å². The van der Waals surface area contributed by atoms with E-state index in [2.05, 4.69) is 33.7 Å². The fourth-order valence-electron chi connectivity index (χ4n) is 2.89. The molecule has 1 fully saturated rings. The van der Waals surface area contributed by atoms with Crippen LogP contribution in [-0.4, -0.2) is 29.9 Å². The van der Waals surface area contributed by atoms with E-state index in [-0.39, 0.29) is 12.4 Å². The second kappa shape index (κ2) is 8.20. The number of ether oxygens (including phenoxy) is 1. The van der Waals surface area contributed by atoms with Gasteiger partial charge in [0.1, 0.15) is 5.75 Å². The minimum atomic E-state index is 0. The average Bonchev–Trinajstić information content (AvgIpc) is 2.99. The molecular formula is C17H24ClN3O. The summed E-state index contributed by atoms with van der Waals surface area (Å²) in [5, 5.41) is 11.1. The number of benzene rings is 1. The van der Waals surface area contributed by atoms with Gasteiger partial charge in [0.2, 0.25) is 0 Å². The third kappa shape index (κ3) is 4.24. The van der Waals surface area contributed by atoms with Crippen molar-refractivity contribution in [3.05, 3.63) is 47.3 Å². The quantitative estimate of drug-likeness (QED) is 0.888. The van der Waals surface area contributed by atoms with Crippen LogP contribution in [0, 0.1) is 0 Å². The van der Waals surface area contributed by atoms with Gasteiger partial charge < -0.3 is 10.1 Å². The zero-order valence-electron chi connectivity index (χ0n) is 13.0. The van der Waals surface area contributed by atoms with Gasteiger partial charge in [-0.1, -0.05) is 12.1 Å². The van der Waals surface area contributed by atoms with Crippen molar-refractivity contribution in [3.63, 3.8) is 0 Å². The molecule has 4 nitrogen and oxygen atoms in total. The SMILES string of the molecule is CCOc1ccc(Cc2cc(C3CCNCC3)n[nH]2)cc1.Cl. The second-order valence-corrected chi connectivity index (χ2v) is 5.60. The summed E-state index contributed by atoms with van der Waals surface area (Å²) in [4.78, 5) is 0. The van der Waals surface area contributed by atoms with Crippen LogP contribution in [0.2, 0.25) is 0 Å². The van der Waals surface area contributed by atoms with Crippen LogP contribution in [0.3, 0.4) is 0 Å². The fraction of sp³-hybridized carbons (Fsp3) is 0.471. The Morgan fingerprint density at radius 1 is 1.18 bits per heavy atom. The highest BCUT2D eigenvalue weighted by Gasteiger charge is 2.17. The molecular weight excluding hydrogens is 298 g/mol. The van der Waals surface area contributed by atoms with Gasteiger partial charge in [-0.05, 0) is 56.6 Å². The maximum absolute atomic E-state index is 5.47. The Morgan fingerprint density at radius 3 is 2.59 bits per heavy atom. The Morgan fingerprint density at radius 2 is 1.91 bits per heavy atom. The summed E-state index contributed by atoms with van der Waals surface area (Å²) in [5.74, 6) is 1.54. The van der Waals surface area contributed by atoms with Gasteiger partial charge in [-0.3, -0.25) is 5.10 Å². The molecule has 120 valence electrons. The summed E-state index contributed by atoms with van der Waals surface area (Å²) in [7, 11) is 0. The molecule has 2 heterocycles. The third-order valence-corrected chi connectivity index (χ3v) is 4.04. The van der Waals surface area contributed by atoms with Crippen molar-refractivity contribution < 1.29 is 4.74 Å². The van der Waals surface area contributed by atoms with Gasteiger partial charge in [-0.25, -0.2) is 0 Å². The molecule has 0 saturated carbocycles. The highest BCUT2D eigenvalue weighted by molar-refractivity contribution is 5.85. The van der Waals surface area contributed by atoms with E-state index in [1.54, 1.807) is 0 Å². The Balaban J connectivity index is 0.00000176. The lowest BCUT2D eigenvalue weighted by atomic mass is 9.94. The molecule has 0 amide bonds. The number of aromatic nitrogens is 2. The van der Waals surface area contributed by atoms with E-state index in [0.717, 1.165) is 25.3 Å². The van der Waals surface area contributed by atoms with Gasteiger partial charge in [-0.2, -0.15) is 5.10 Å². The summed E-state index contributed by atoms with van der Waals surface area (Å²) in [6.07, 6.45) is 3.27. The van der Waals surface area contributed by atoms with E-state index >= 15 is 0 Å². The molecule has 0 spiro atoms. The molecule has 0 atom stereocenters. The van der Waals surface area contributed by atoms with E-state index in [0.29, 0.717) is 12.5 Å². The van der Waals surface area contributed by atoms with Crippen LogP contribution in [0.4, 0.5) is 0 Å². The average molecular weight is 322 g/mol. The van der Waals surface area contributed by atoms with Crippen LogP contribution in [0.15, 0.2) is 30.3 Å². The number of halogens is 1. The number of H-pyrrole nitrogens is 1. The number of nitrogens with zero attached hydrogens (tertiary/aromatic N) is 1. The maximum atomic E-state index is 5.47. The van der Waals surface area contributed by atoms with Crippen LogP contribution >= 0.6 is 12.4 Å². The number of nitrogens with one attached hydrogen (secondary N) is 2. The van der Waals surface area contributed by atoms with E-state index in [9.17, 15) is 0 Å². The lowest BCUT2D eigenvalue weighted by Crippen LogP contribution is -2.26. The van der Waals surface area contributed by atoms with Crippen molar-refractivity contribution in [1.82, 2.24) is 15.5 Å². The summed E-state index contributed by atoms with van der Waals surface area (Å²) in [5.41, 5.74) is 3.68. The lowest BCUT2D eigenvalue weighted by Gasteiger charge is -2.20.